The molecule has 1 saturated heterocycles. The molecule has 2 fully saturated rings. The van der Waals surface area contributed by atoms with Crippen molar-refractivity contribution in [2.24, 2.45) is 11.8 Å². The van der Waals surface area contributed by atoms with Crippen LogP contribution in [0.2, 0.25) is 0 Å². The van der Waals surface area contributed by atoms with E-state index in [2.05, 4.69) is 4.90 Å². The second-order valence-corrected chi connectivity index (χ2v) is 5.85. The van der Waals surface area contributed by atoms with E-state index in [1.165, 1.54) is 5.56 Å². The number of alkyl halides is 2. The van der Waals surface area contributed by atoms with Crippen molar-refractivity contribution in [2.45, 2.75) is 31.4 Å². The molecular formula is C15H19F2NO. The van der Waals surface area contributed by atoms with Gasteiger partial charge in [-0.2, -0.15) is 0 Å². The number of likely N-dealkylation sites (tertiary alicyclic amines) is 1. The Balaban J connectivity index is 1.72. The molecular weight excluding hydrogens is 248 g/mol. The van der Waals surface area contributed by atoms with Gasteiger partial charge >= 0.3 is 0 Å². The first-order chi connectivity index (χ1) is 9.09. The SMILES string of the molecule is OC[C@@H]1[C@H]2CC(F)(F)C[C@H]2CN1Cc1ccccc1. The van der Waals surface area contributed by atoms with Crippen molar-refractivity contribution in [3.8, 4) is 0 Å². The van der Waals surface area contributed by atoms with Crippen molar-refractivity contribution in [3.63, 3.8) is 0 Å². The Hall–Kier alpha value is -1.00. The van der Waals surface area contributed by atoms with Gasteiger partial charge in [0.15, 0.2) is 0 Å². The molecule has 0 radical (unpaired) electrons. The molecule has 0 amide bonds. The lowest BCUT2D eigenvalue weighted by Gasteiger charge is -2.27. The molecule has 1 aromatic carbocycles. The van der Waals surface area contributed by atoms with Gasteiger partial charge in [0.2, 0.25) is 5.92 Å². The molecule has 1 N–H and O–H groups in total. The molecule has 3 atom stereocenters. The number of hydrogen-bond acceptors (Lipinski definition) is 2. The van der Waals surface area contributed by atoms with Gasteiger partial charge in [0.1, 0.15) is 0 Å². The van der Waals surface area contributed by atoms with Crippen molar-refractivity contribution in [1.82, 2.24) is 4.90 Å². The van der Waals surface area contributed by atoms with Gasteiger partial charge in [-0.1, -0.05) is 30.3 Å². The lowest BCUT2D eigenvalue weighted by molar-refractivity contribution is -0.00999. The fraction of sp³-hybridized carbons (Fsp3) is 0.600. The Kier molecular flexibility index (Phi) is 3.31. The third-order valence-electron chi connectivity index (χ3n) is 4.55. The van der Waals surface area contributed by atoms with Crippen LogP contribution >= 0.6 is 0 Å². The summed E-state index contributed by atoms with van der Waals surface area (Å²) in [7, 11) is 0. The second-order valence-electron chi connectivity index (χ2n) is 5.85. The van der Waals surface area contributed by atoms with Crippen molar-refractivity contribution < 1.29 is 13.9 Å². The van der Waals surface area contributed by atoms with E-state index in [1.807, 2.05) is 30.3 Å². The van der Waals surface area contributed by atoms with Crippen molar-refractivity contribution in [3.05, 3.63) is 35.9 Å². The Morgan fingerprint density at radius 2 is 1.95 bits per heavy atom. The molecule has 19 heavy (non-hydrogen) atoms. The summed E-state index contributed by atoms with van der Waals surface area (Å²) in [5.74, 6) is -2.54. The van der Waals surface area contributed by atoms with Gasteiger partial charge in [0.05, 0.1) is 6.61 Å². The lowest BCUT2D eigenvalue weighted by Crippen LogP contribution is -2.36. The molecule has 1 heterocycles. The first-order valence-corrected chi connectivity index (χ1v) is 6.86. The van der Waals surface area contributed by atoms with Crippen LogP contribution in [-0.2, 0) is 6.54 Å². The van der Waals surface area contributed by atoms with Gasteiger partial charge in [-0.15, -0.1) is 0 Å². The third kappa shape index (κ3) is 2.51. The van der Waals surface area contributed by atoms with Crippen molar-refractivity contribution >= 4 is 0 Å². The van der Waals surface area contributed by atoms with Crippen molar-refractivity contribution in [2.75, 3.05) is 13.2 Å². The molecule has 1 aliphatic heterocycles. The first-order valence-electron chi connectivity index (χ1n) is 6.86. The van der Waals surface area contributed by atoms with Gasteiger partial charge in [-0.05, 0) is 17.4 Å². The van der Waals surface area contributed by atoms with Gasteiger partial charge in [0, 0.05) is 32.0 Å². The molecule has 104 valence electrons. The Bertz CT molecular complexity index is 437. The molecule has 1 aliphatic carbocycles. The quantitative estimate of drug-likeness (QED) is 0.909. The first kappa shape index (κ1) is 13.0. The van der Waals surface area contributed by atoms with E-state index < -0.39 is 5.92 Å². The van der Waals surface area contributed by atoms with Crippen LogP contribution in [0.4, 0.5) is 8.78 Å². The molecule has 1 saturated carbocycles. The summed E-state index contributed by atoms with van der Waals surface area (Å²) < 4.78 is 26.9. The summed E-state index contributed by atoms with van der Waals surface area (Å²) in [4.78, 5) is 2.17. The van der Waals surface area contributed by atoms with E-state index in [1.54, 1.807) is 0 Å². The van der Waals surface area contributed by atoms with Crippen LogP contribution < -0.4 is 0 Å². The number of aliphatic hydroxyl groups is 1. The van der Waals surface area contributed by atoms with Gasteiger partial charge in [0.25, 0.3) is 0 Å². The summed E-state index contributed by atoms with van der Waals surface area (Å²) in [6.07, 6.45) is -0.0758. The number of hydrogen-bond donors (Lipinski definition) is 1. The van der Waals surface area contributed by atoms with E-state index in [4.69, 9.17) is 0 Å². The highest BCUT2D eigenvalue weighted by Crippen LogP contribution is 2.49. The monoisotopic (exact) mass is 267 g/mol. The summed E-state index contributed by atoms with van der Waals surface area (Å²) in [5, 5.41) is 9.55. The molecule has 2 nitrogen and oxygen atoms in total. The summed E-state index contributed by atoms with van der Waals surface area (Å²) in [6.45, 7) is 1.40. The number of nitrogens with zero attached hydrogens (tertiary/aromatic N) is 1. The molecule has 0 unspecified atom stereocenters. The van der Waals surface area contributed by atoms with E-state index in [0.717, 1.165) is 6.54 Å². The largest absolute Gasteiger partial charge is 0.395 e. The predicted molar refractivity (Wildman–Crippen MR) is 68.9 cm³/mol. The van der Waals surface area contributed by atoms with E-state index >= 15 is 0 Å². The van der Waals surface area contributed by atoms with E-state index in [0.29, 0.717) is 6.54 Å². The fourth-order valence-electron chi connectivity index (χ4n) is 3.74. The highest BCUT2D eigenvalue weighted by Gasteiger charge is 2.54. The predicted octanol–water partition coefficient (Wildman–Crippen LogP) is 2.52. The van der Waals surface area contributed by atoms with Gasteiger partial charge < -0.3 is 5.11 Å². The van der Waals surface area contributed by atoms with Crippen LogP contribution in [0.5, 0.6) is 0 Å². The average Bonchev–Trinajstić information content (AvgIpc) is 2.81. The third-order valence-corrected chi connectivity index (χ3v) is 4.55. The molecule has 0 bridgehead atoms. The molecule has 0 aromatic heterocycles. The molecule has 0 spiro atoms. The molecule has 3 rings (SSSR count). The minimum absolute atomic E-state index is 0.0144. The maximum atomic E-state index is 13.4. The second kappa shape index (κ2) is 4.84. The summed E-state index contributed by atoms with van der Waals surface area (Å²) in [6, 6.07) is 9.89. The highest BCUT2D eigenvalue weighted by atomic mass is 19.3. The maximum Gasteiger partial charge on any atom is 0.248 e. The maximum absolute atomic E-state index is 13.4. The van der Waals surface area contributed by atoms with E-state index in [-0.39, 0.29) is 37.3 Å². The van der Waals surface area contributed by atoms with Crippen LogP contribution in [0, 0.1) is 11.8 Å². The molecule has 2 aliphatic rings. The lowest BCUT2D eigenvalue weighted by atomic mass is 9.94. The van der Waals surface area contributed by atoms with Gasteiger partial charge in [-0.25, -0.2) is 8.78 Å². The zero-order valence-corrected chi connectivity index (χ0v) is 10.8. The number of aliphatic hydroxyl groups excluding tert-OH is 1. The number of benzene rings is 1. The Labute approximate surface area is 112 Å². The van der Waals surface area contributed by atoms with Crippen LogP contribution in [0.25, 0.3) is 0 Å². The van der Waals surface area contributed by atoms with Crippen LogP contribution in [-0.4, -0.2) is 35.1 Å². The van der Waals surface area contributed by atoms with Crippen LogP contribution in [0.3, 0.4) is 0 Å². The fourth-order valence-corrected chi connectivity index (χ4v) is 3.74. The Morgan fingerprint density at radius 1 is 1.21 bits per heavy atom. The summed E-state index contributed by atoms with van der Waals surface area (Å²) >= 11 is 0. The van der Waals surface area contributed by atoms with Crippen molar-refractivity contribution in [1.29, 1.82) is 0 Å². The van der Waals surface area contributed by atoms with Gasteiger partial charge in [-0.3, -0.25) is 4.90 Å². The highest BCUT2D eigenvalue weighted by molar-refractivity contribution is 5.15. The molecule has 1 aromatic rings. The van der Waals surface area contributed by atoms with E-state index in [9.17, 15) is 13.9 Å². The van der Waals surface area contributed by atoms with Crippen LogP contribution in [0.1, 0.15) is 18.4 Å². The minimum atomic E-state index is -2.53. The van der Waals surface area contributed by atoms with Crippen LogP contribution in [0.15, 0.2) is 30.3 Å². The minimum Gasteiger partial charge on any atom is -0.395 e. The number of halogens is 2. The zero-order valence-electron chi connectivity index (χ0n) is 10.8. The zero-order chi connectivity index (χ0) is 13.5. The molecule has 4 heteroatoms. The normalized spacial score (nSPS) is 33.5. The summed E-state index contributed by atoms with van der Waals surface area (Å²) in [5.41, 5.74) is 1.17. The Morgan fingerprint density at radius 3 is 2.63 bits per heavy atom. The number of rotatable bonds is 3. The smallest absolute Gasteiger partial charge is 0.248 e. The standard InChI is InChI=1S/C15H19F2NO/c16-15(17)6-12-9-18(14(10-19)13(12)7-15)8-11-4-2-1-3-5-11/h1-5,12-14,19H,6-10H2/t12-,13-,14+/m0/s1. The number of fused-ring (bicyclic) bond motifs is 1. The topological polar surface area (TPSA) is 23.5 Å². The average molecular weight is 267 g/mol.